The molecule has 3 nitrogen and oxygen atoms in total. The molecule has 1 N–H and O–H groups in total. The fourth-order valence-corrected chi connectivity index (χ4v) is 10.0. The maximum Gasteiger partial charge on any atom is 0.0937 e. The number of aliphatic hydroxyl groups is 1. The Kier molecular flexibility index (Phi) is 5.65. The molecular weight excluding hydrogens is 430 g/mol. The van der Waals surface area contributed by atoms with Crippen molar-refractivity contribution in [3.05, 3.63) is 22.8 Å². The molecule has 6 rings (SSSR count). The van der Waals surface area contributed by atoms with E-state index >= 15 is 0 Å². The third kappa shape index (κ3) is 3.24. The molecule has 4 aliphatic carbocycles. The summed E-state index contributed by atoms with van der Waals surface area (Å²) in [4.78, 5) is 2.66. The highest BCUT2D eigenvalue weighted by Gasteiger charge is 2.61. The van der Waals surface area contributed by atoms with Gasteiger partial charge in [-0.05, 0) is 93.0 Å². The number of hydrogen-bond donors (Lipinski definition) is 1. The van der Waals surface area contributed by atoms with Crippen molar-refractivity contribution in [1.29, 1.82) is 0 Å². The molecular formula is C29H44ClNO2. The molecule has 6 aliphatic rings. The van der Waals surface area contributed by atoms with E-state index in [1.807, 2.05) is 0 Å². The maximum absolute atomic E-state index is 10.3. The summed E-state index contributed by atoms with van der Waals surface area (Å²) in [7, 11) is 0. The average molecular weight is 474 g/mol. The van der Waals surface area contributed by atoms with Gasteiger partial charge in [-0.15, -0.1) is 11.6 Å². The molecule has 0 radical (unpaired) electrons. The zero-order valence-corrected chi connectivity index (χ0v) is 21.9. The van der Waals surface area contributed by atoms with Crippen LogP contribution in [0.4, 0.5) is 0 Å². The molecule has 4 heteroatoms. The first-order valence-corrected chi connectivity index (χ1v) is 14.4. The van der Waals surface area contributed by atoms with E-state index in [1.165, 1.54) is 38.6 Å². The molecule has 0 bridgehead atoms. The molecule has 33 heavy (non-hydrogen) atoms. The lowest BCUT2D eigenvalue weighted by atomic mass is 9.56. The summed E-state index contributed by atoms with van der Waals surface area (Å²) in [6.07, 6.45) is 12.0. The number of halogens is 1. The molecule has 2 saturated heterocycles. The lowest BCUT2D eigenvalue weighted by Gasteiger charge is -2.49. The number of fused-ring (bicyclic) bond motifs is 6. The van der Waals surface area contributed by atoms with Crippen LogP contribution in [0.1, 0.15) is 79.1 Å². The van der Waals surface area contributed by atoms with Gasteiger partial charge in [0.25, 0.3) is 0 Å². The van der Waals surface area contributed by atoms with Crippen LogP contribution in [0.3, 0.4) is 0 Å². The number of rotatable bonds is 2. The molecule has 2 aliphatic heterocycles. The summed E-state index contributed by atoms with van der Waals surface area (Å²) in [6.45, 7) is 12.0. The van der Waals surface area contributed by atoms with E-state index in [1.54, 1.807) is 16.7 Å². The van der Waals surface area contributed by atoms with Gasteiger partial charge in [0.1, 0.15) is 0 Å². The van der Waals surface area contributed by atoms with Gasteiger partial charge < -0.3 is 9.84 Å². The van der Waals surface area contributed by atoms with E-state index < -0.39 is 0 Å². The van der Waals surface area contributed by atoms with Crippen LogP contribution in [0.5, 0.6) is 0 Å². The van der Waals surface area contributed by atoms with Crippen LogP contribution < -0.4 is 0 Å². The fraction of sp³-hybridized carbons (Fsp3) is 0.862. The summed E-state index contributed by atoms with van der Waals surface area (Å²) >= 11 is 6.24. The summed E-state index contributed by atoms with van der Waals surface area (Å²) in [5.41, 5.74) is 5.16. The fourth-order valence-electron chi connectivity index (χ4n) is 9.83. The van der Waals surface area contributed by atoms with Crippen LogP contribution >= 0.6 is 11.6 Å². The third-order valence-electron chi connectivity index (χ3n) is 11.5. The number of piperidine rings is 1. The second-order valence-corrected chi connectivity index (χ2v) is 13.3. The van der Waals surface area contributed by atoms with Crippen molar-refractivity contribution in [3.63, 3.8) is 0 Å². The van der Waals surface area contributed by atoms with Crippen LogP contribution in [-0.2, 0) is 4.74 Å². The number of ether oxygens (including phenoxy) is 1. The van der Waals surface area contributed by atoms with E-state index in [2.05, 4.69) is 38.7 Å². The summed E-state index contributed by atoms with van der Waals surface area (Å²) in [6, 6.07) is 0.515. The predicted molar refractivity (Wildman–Crippen MR) is 134 cm³/mol. The second-order valence-electron chi connectivity index (χ2n) is 12.9. The summed E-state index contributed by atoms with van der Waals surface area (Å²) < 4.78 is 7.18. The highest BCUT2D eigenvalue weighted by Crippen LogP contribution is 2.65. The van der Waals surface area contributed by atoms with Crippen molar-refractivity contribution in [3.8, 4) is 0 Å². The Morgan fingerprint density at radius 3 is 2.82 bits per heavy atom. The van der Waals surface area contributed by atoms with Gasteiger partial charge in [-0.25, -0.2) is 0 Å². The number of aliphatic hydroxyl groups excluding tert-OH is 1. The summed E-state index contributed by atoms with van der Waals surface area (Å²) in [5.74, 6) is 4.22. The Labute approximate surface area is 206 Å². The van der Waals surface area contributed by atoms with Crippen LogP contribution in [0, 0.1) is 35.0 Å². The molecule has 0 aromatic heterocycles. The summed E-state index contributed by atoms with van der Waals surface area (Å²) in [5, 5.41) is 10.3. The van der Waals surface area contributed by atoms with Gasteiger partial charge in [0.05, 0.1) is 17.8 Å². The molecule has 2 saturated carbocycles. The first-order chi connectivity index (χ1) is 15.8. The van der Waals surface area contributed by atoms with Crippen molar-refractivity contribution in [1.82, 2.24) is 4.90 Å². The van der Waals surface area contributed by atoms with Gasteiger partial charge in [0.15, 0.2) is 0 Å². The second kappa shape index (κ2) is 8.08. The molecule has 2 heterocycles. The van der Waals surface area contributed by atoms with E-state index in [0.717, 1.165) is 43.6 Å². The molecule has 4 fully saturated rings. The normalized spacial score (nSPS) is 51.8. The SMILES string of the molecule is CC1=C2C[C@H]3C(CC=C4C[C@@H](O)CC[C@@]43C)[C@@H]2CC[C@]12O[C@@H]1C[C@H](C)CN(CCCl)[C@H]1[C@H]2C. The standard InChI is InChI=1S/C29H44ClNO2/c1-17-13-26-27(31(16-17)12-11-30)19(3)29(33-26)10-8-22-23-6-5-20-14-21(32)7-9-28(20,4)25(23)15-24(22)18(29)2/h5,17,19,21-23,25-27,32H,6-16H2,1-4H3/t17-,19+,21-,22-,23?,25-,26+,27-,28-,29-/m0/s1. The van der Waals surface area contributed by atoms with E-state index in [9.17, 15) is 5.11 Å². The molecule has 0 amide bonds. The number of likely N-dealkylation sites (tertiary alicyclic amines) is 1. The van der Waals surface area contributed by atoms with Crippen molar-refractivity contribution < 1.29 is 9.84 Å². The van der Waals surface area contributed by atoms with Crippen LogP contribution in [0.15, 0.2) is 22.8 Å². The minimum atomic E-state index is -0.122. The first kappa shape index (κ1) is 23.1. The zero-order valence-electron chi connectivity index (χ0n) is 21.2. The number of nitrogens with zero attached hydrogens (tertiary/aromatic N) is 1. The molecule has 10 atom stereocenters. The smallest absolute Gasteiger partial charge is 0.0937 e. The number of allylic oxidation sites excluding steroid dienone is 2. The third-order valence-corrected chi connectivity index (χ3v) is 11.6. The highest BCUT2D eigenvalue weighted by atomic mass is 35.5. The van der Waals surface area contributed by atoms with Crippen LogP contribution in [0.2, 0.25) is 0 Å². The highest BCUT2D eigenvalue weighted by molar-refractivity contribution is 6.18. The van der Waals surface area contributed by atoms with Crippen molar-refractivity contribution in [2.75, 3.05) is 19.0 Å². The molecule has 184 valence electrons. The van der Waals surface area contributed by atoms with Crippen molar-refractivity contribution >= 4 is 11.6 Å². The average Bonchev–Trinajstić information content (AvgIpc) is 3.29. The van der Waals surface area contributed by atoms with Crippen LogP contribution in [0.25, 0.3) is 0 Å². The van der Waals surface area contributed by atoms with Gasteiger partial charge in [-0.3, -0.25) is 4.90 Å². The van der Waals surface area contributed by atoms with Crippen molar-refractivity contribution in [2.45, 2.75) is 103 Å². The lowest BCUT2D eigenvalue weighted by molar-refractivity contribution is -0.0643. The zero-order chi connectivity index (χ0) is 23.1. The Hall–Kier alpha value is -0.350. The molecule has 1 spiro atoms. The Morgan fingerprint density at radius 2 is 2.03 bits per heavy atom. The van der Waals surface area contributed by atoms with Gasteiger partial charge in [-0.1, -0.05) is 38.0 Å². The molecule has 1 unspecified atom stereocenters. The van der Waals surface area contributed by atoms with Crippen molar-refractivity contribution in [2.24, 2.45) is 35.0 Å². The van der Waals surface area contributed by atoms with E-state index in [0.29, 0.717) is 35.3 Å². The Morgan fingerprint density at radius 1 is 1.21 bits per heavy atom. The van der Waals surface area contributed by atoms with Gasteiger partial charge in [-0.2, -0.15) is 0 Å². The quantitative estimate of drug-likeness (QED) is 0.397. The topological polar surface area (TPSA) is 32.7 Å². The molecule has 0 aromatic carbocycles. The number of hydrogen-bond acceptors (Lipinski definition) is 3. The first-order valence-electron chi connectivity index (χ1n) is 13.8. The predicted octanol–water partition coefficient (Wildman–Crippen LogP) is 5.95. The van der Waals surface area contributed by atoms with Crippen LogP contribution in [-0.4, -0.2) is 52.8 Å². The minimum absolute atomic E-state index is 0.0663. The maximum atomic E-state index is 10.3. The van der Waals surface area contributed by atoms with Gasteiger partial charge in [0.2, 0.25) is 0 Å². The number of alkyl halides is 1. The van der Waals surface area contributed by atoms with Gasteiger partial charge in [0, 0.05) is 30.9 Å². The Balaban J connectivity index is 1.33. The lowest BCUT2D eigenvalue weighted by Crippen LogP contribution is -2.52. The largest absolute Gasteiger partial charge is 0.393 e. The van der Waals surface area contributed by atoms with E-state index in [4.69, 9.17) is 16.3 Å². The van der Waals surface area contributed by atoms with Gasteiger partial charge >= 0.3 is 0 Å². The molecule has 0 aromatic rings. The van der Waals surface area contributed by atoms with E-state index in [-0.39, 0.29) is 11.7 Å². The minimum Gasteiger partial charge on any atom is -0.393 e. The Bertz CT molecular complexity index is 868. The monoisotopic (exact) mass is 473 g/mol.